The third kappa shape index (κ3) is 5.05. The molecule has 0 aliphatic heterocycles. The number of rotatable bonds is 4. The van der Waals surface area contributed by atoms with Crippen molar-refractivity contribution in [1.82, 2.24) is 9.88 Å². The highest BCUT2D eigenvalue weighted by Crippen LogP contribution is 2.29. The molecule has 0 unspecified atom stereocenters. The Bertz CT molecular complexity index is 500. The van der Waals surface area contributed by atoms with Crippen molar-refractivity contribution < 1.29 is 4.79 Å². The fourth-order valence-corrected chi connectivity index (χ4v) is 4.67. The molecule has 132 valence electrons. The van der Waals surface area contributed by atoms with Crippen LogP contribution in [-0.2, 0) is 24.2 Å². The predicted octanol–water partition coefficient (Wildman–Crippen LogP) is 3.34. The van der Waals surface area contributed by atoms with Gasteiger partial charge in [-0.1, -0.05) is 6.42 Å². The van der Waals surface area contributed by atoms with E-state index in [9.17, 15) is 4.79 Å². The number of hydrogen-bond acceptors (Lipinski definition) is 4. The molecule has 1 saturated carbocycles. The first-order chi connectivity index (χ1) is 10.1. The van der Waals surface area contributed by atoms with E-state index in [4.69, 9.17) is 10.7 Å². The van der Waals surface area contributed by atoms with E-state index < -0.39 is 0 Å². The molecule has 2 aliphatic carbocycles. The largest absolute Gasteiger partial charge is 0.339 e. The summed E-state index contributed by atoms with van der Waals surface area (Å²) in [6, 6.07) is 0.217. The molecule has 2 aliphatic rings. The number of thiazole rings is 1. The van der Waals surface area contributed by atoms with Crippen LogP contribution < -0.4 is 5.73 Å². The third-order valence-electron chi connectivity index (χ3n) is 4.84. The summed E-state index contributed by atoms with van der Waals surface area (Å²) in [5.74, 6) is 0.593. The second-order valence-electron chi connectivity index (χ2n) is 6.49. The maximum atomic E-state index is 12.3. The van der Waals surface area contributed by atoms with E-state index in [2.05, 4.69) is 0 Å². The number of aromatic nitrogens is 1. The van der Waals surface area contributed by atoms with Gasteiger partial charge in [0.1, 0.15) is 5.01 Å². The lowest BCUT2D eigenvalue weighted by atomic mass is 9.99. The molecule has 2 atom stereocenters. The van der Waals surface area contributed by atoms with E-state index in [0.29, 0.717) is 18.9 Å². The Kier molecular flexibility index (Phi) is 8.28. The Morgan fingerprint density at radius 2 is 2.00 bits per heavy atom. The lowest BCUT2D eigenvalue weighted by Gasteiger charge is -2.20. The highest BCUT2D eigenvalue weighted by Gasteiger charge is 2.27. The smallest absolute Gasteiger partial charge is 0.223 e. The van der Waals surface area contributed by atoms with Crippen molar-refractivity contribution in [2.24, 2.45) is 11.7 Å². The summed E-state index contributed by atoms with van der Waals surface area (Å²) < 4.78 is 0. The van der Waals surface area contributed by atoms with Gasteiger partial charge in [-0.3, -0.25) is 4.79 Å². The van der Waals surface area contributed by atoms with Crippen molar-refractivity contribution in [3.8, 4) is 0 Å². The Morgan fingerprint density at radius 1 is 1.26 bits per heavy atom. The van der Waals surface area contributed by atoms with Crippen LogP contribution in [0.5, 0.6) is 0 Å². The zero-order chi connectivity index (χ0) is 14.8. The molecule has 1 heterocycles. The fourth-order valence-electron chi connectivity index (χ4n) is 3.46. The second kappa shape index (κ2) is 9.21. The summed E-state index contributed by atoms with van der Waals surface area (Å²) in [7, 11) is 1.89. The highest BCUT2D eigenvalue weighted by molar-refractivity contribution is 7.11. The van der Waals surface area contributed by atoms with Gasteiger partial charge in [0.05, 0.1) is 12.2 Å². The van der Waals surface area contributed by atoms with Crippen molar-refractivity contribution in [1.29, 1.82) is 0 Å². The molecule has 0 bridgehead atoms. The van der Waals surface area contributed by atoms with Gasteiger partial charge in [-0.25, -0.2) is 4.98 Å². The lowest BCUT2D eigenvalue weighted by molar-refractivity contribution is -0.131. The average molecular weight is 380 g/mol. The number of carbonyl (C=O) groups is 1. The molecule has 7 heteroatoms. The van der Waals surface area contributed by atoms with Crippen LogP contribution in [0.2, 0.25) is 0 Å². The van der Waals surface area contributed by atoms with E-state index in [-0.39, 0.29) is 36.8 Å². The molecule has 1 aromatic heterocycles. The van der Waals surface area contributed by atoms with Gasteiger partial charge in [0.2, 0.25) is 5.91 Å². The maximum absolute atomic E-state index is 12.3. The number of halogens is 2. The van der Waals surface area contributed by atoms with Gasteiger partial charge >= 0.3 is 0 Å². The number of aryl methyl sites for hydroxylation is 2. The molecule has 4 nitrogen and oxygen atoms in total. The summed E-state index contributed by atoms with van der Waals surface area (Å²) >= 11 is 1.79. The standard InChI is InChI=1S/C16H25N3OS.2ClH/c1-19(16(20)9-11-5-4-6-12(11)17)10-15-18-13-7-2-3-8-14(13)21-15;;/h11-12H,2-10,17H2,1H3;2*1H/t11-,12+;;/m0../s1. The number of nitrogens with two attached hydrogens (primary N) is 1. The van der Waals surface area contributed by atoms with E-state index in [0.717, 1.165) is 24.3 Å². The number of fused-ring (bicyclic) bond motifs is 1. The van der Waals surface area contributed by atoms with E-state index >= 15 is 0 Å². The minimum atomic E-state index is 0. The molecule has 0 aromatic carbocycles. The first kappa shape index (κ1) is 20.7. The average Bonchev–Trinajstić information content (AvgIpc) is 3.04. The van der Waals surface area contributed by atoms with Gasteiger partial charge in [0.15, 0.2) is 0 Å². The molecule has 0 saturated heterocycles. The Labute approximate surface area is 155 Å². The summed E-state index contributed by atoms with van der Waals surface area (Å²) in [6.45, 7) is 0.651. The monoisotopic (exact) mass is 379 g/mol. The van der Waals surface area contributed by atoms with Crippen LogP contribution in [0.15, 0.2) is 0 Å². The molecule has 0 radical (unpaired) electrons. The summed E-state index contributed by atoms with van der Waals surface area (Å²) in [5, 5.41) is 1.09. The summed E-state index contributed by atoms with van der Waals surface area (Å²) in [4.78, 5) is 20.3. The quantitative estimate of drug-likeness (QED) is 0.872. The van der Waals surface area contributed by atoms with Crippen LogP contribution >= 0.6 is 36.2 Å². The normalized spacial score (nSPS) is 22.7. The Morgan fingerprint density at radius 3 is 2.65 bits per heavy atom. The second-order valence-corrected chi connectivity index (χ2v) is 7.66. The summed E-state index contributed by atoms with van der Waals surface area (Å²) in [6.07, 6.45) is 8.76. The van der Waals surface area contributed by atoms with Gasteiger partial charge in [-0.15, -0.1) is 36.2 Å². The molecular formula is C16H27Cl2N3OS. The number of hydrogen-bond donors (Lipinski definition) is 1. The number of amides is 1. The minimum Gasteiger partial charge on any atom is -0.339 e. The number of carbonyl (C=O) groups excluding carboxylic acids is 1. The molecule has 1 fully saturated rings. The summed E-state index contributed by atoms with van der Waals surface area (Å²) in [5.41, 5.74) is 7.34. The number of nitrogens with zero attached hydrogens (tertiary/aromatic N) is 2. The van der Waals surface area contributed by atoms with Gasteiger partial charge in [0.25, 0.3) is 0 Å². The van der Waals surface area contributed by atoms with Crippen molar-refractivity contribution in [3.63, 3.8) is 0 Å². The van der Waals surface area contributed by atoms with Gasteiger partial charge < -0.3 is 10.6 Å². The topological polar surface area (TPSA) is 59.2 Å². The van der Waals surface area contributed by atoms with Crippen LogP contribution in [0.3, 0.4) is 0 Å². The van der Waals surface area contributed by atoms with E-state index in [1.165, 1.54) is 36.3 Å². The van der Waals surface area contributed by atoms with Crippen molar-refractivity contribution in [2.45, 2.75) is 64.0 Å². The molecule has 1 aromatic rings. The fraction of sp³-hybridized carbons (Fsp3) is 0.750. The zero-order valence-corrected chi connectivity index (χ0v) is 16.1. The maximum Gasteiger partial charge on any atom is 0.223 e. The molecule has 0 spiro atoms. The van der Waals surface area contributed by atoms with Crippen LogP contribution in [0.25, 0.3) is 0 Å². The van der Waals surface area contributed by atoms with Gasteiger partial charge in [0, 0.05) is 24.4 Å². The SMILES string of the molecule is CN(Cc1nc2c(s1)CCCC2)C(=O)C[C@@H]1CCC[C@H]1N.Cl.Cl. The van der Waals surface area contributed by atoms with Crippen LogP contribution in [0.4, 0.5) is 0 Å². The zero-order valence-electron chi connectivity index (χ0n) is 13.6. The van der Waals surface area contributed by atoms with Crippen LogP contribution in [0.1, 0.15) is 54.1 Å². The molecule has 1 amide bonds. The Balaban J connectivity index is 0.00000132. The lowest BCUT2D eigenvalue weighted by Crippen LogP contribution is -2.32. The Hall–Kier alpha value is -0.360. The van der Waals surface area contributed by atoms with Crippen molar-refractivity contribution in [3.05, 3.63) is 15.6 Å². The molecule has 2 N–H and O–H groups in total. The molecular weight excluding hydrogens is 353 g/mol. The van der Waals surface area contributed by atoms with Crippen LogP contribution in [0, 0.1) is 5.92 Å². The molecule has 3 rings (SSSR count). The van der Waals surface area contributed by atoms with Crippen molar-refractivity contribution >= 4 is 42.1 Å². The van der Waals surface area contributed by atoms with Crippen LogP contribution in [-0.4, -0.2) is 28.9 Å². The van der Waals surface area contributed by atoms with Crippen molar-refractivity contribution in [2.75, 3.05) is 7.05 Å². The van der Waals surface area contributed by atoms with E-state index in [1.54, 1.807) is 11.3 Å². The van der Waals surface area contributed by atoms with Gasteiger partial charge in [-0.2, -0.15) is 0 Å². The predicted molar refractivity (Wildman–Crippen MR) is 99.7 cm³/mol. The minimum absolute atomic E-state index is 0. The first-order valence-electron chi connectivity index (χ1n) is 8.10. The molecule has 23 heavy (non-hydrogen) atoms. The van der Waals surface area contributed by atoms with Gasteiger partial charge in [-0.05, 0) is 44.4 Å². The third-order valence-corrected chi connectivity index (χ3v) is 5.98. The highest BCUT2D eigenvalue weighted by atomic mass is 35.5. The first-order valence-corrected chi connectivity index (χ1v) is 8.92. The van der Waals surface area contributed by atoms with E-state index in [1.807, 2.05) is 11.9 Å².